The molecule has 6 heterocycles. The van der Waals surface area contributed by atoms with Crippen molar-refractivity contribution in [1.82, 2.24) is 15.6 Å². The number of quaternary nitrogens is 4. The first kappa shape index (κ1) is 101. The molecule has 4 saturated heterocycles. The number of benzene rings is 7. The highest BCUT2D eigenvalue weighted by atomic mass is 19.4. The van der Waals surface area contributed by atoms with Crippen LogP contribution in [0.5, 0.6) is 11.5 Å². The number of methoxy groups -OCH3 is 1. The number of ether oxygens (including phenoxy) is 5. The van der Waals surface area contributed by atoms with Crippen LogP contribution in [0, 0.1) is 17.3 Å². The number of phenols is 1. The highest BCUT2D eigenvalue weighted by Gasteiger charge is 2.48. The first-order chi connectivity index (χ1) is 59.7. The monoisotopic (exact) mass is 1750 g/mol. The Bertz CT molecular complexity index is 4820. The predicted molar refractivity (Wildman–Crippen MR) is 495 cm³/mol. The maximum Gasteiger partial charge on any atom is 0.416 e. The van der Waals surface area contributed by atoms with Crippen molar-refractivity contribution < 1.29 is 87.0 Å². The molecule has 688 valence electrons. The maximum absolute atomic E-state index is 13.5. The summed E-state index contributed by atoms with van der Waals surface area (Å²) >= 11 is 0. The number of fused-ring (bicyclic) bond motifs is 3. The number of aryl methyl sites for hydroxylation is 1. The maximum atomic E-state index is 13.5. The Morgan fingerprint density at radius 2 is 1.41 bits per heavy atom. The van der Waals surface area contributed by atoms with Crippen molar-refractivity contribution in [3.63, 3.8) is 0 Å². The van der Waals surface area contributed by atoms with Crippen molar-refractivity contribution >= 4 is 22.7 Å². The highest BCUT2D eigenvalue weighted by Crippen LogP contribution is 2.48. The van der Waals surface area contributed by atoms with E-state index in [4.69, 9.17) is 28.5 Å². The minimum Gasteiger partial charge on any atom is -0.506 e. The summed E-state index contributed by atoms with van der Waals surface area (Å²) in [6.07, 6.45) is 13.9. The summed E-state index contributed by atoms with van der Waals surface area (Å²) in [7, 11) is 22.3. The molecule has 0 spiro atoms. The van der Waals surface area contributed by atoms with E-state index in [1.54, 1.807) is 50.2 Å². The van der Waals surface area contributed by atoms with E-state index in [1.807, 2.05) is 19.1 Å². The summed E-state index contributed by atoms with van der Waals surface area (Å²) in [5, 5.41) is 18.6. The molecule has 1 aliphatic carbocycles. The summed E-state index contributed by atoms with van der Waals surface area (Å²) in [6, 6.07) is 49.9. The van der Waals surface area contributed by atoms with Gasteiger partial charge in [0, 0.05) is 87.1 Å². The zero-order valence-electron chi connectivity index (χ0n) is 78.3. The number of para-hydroxylation sites is 1. The smallest absolute Gasteiger partial charge is 0.416 e. The number of hydroxylamine groups is 1. The molecule has 5 aliphatic heterocycles. The van der Waals surface area contributed by atoms with Crippen molar-refractivity contribution in [2.24, 2.45) is 5.41 Å². The summed E-state index contributed by atoms with van der Waals surface area (Å²) in [5.41, 5.74) is 10.7. The third-order valence-corrected chi connectivity index (χ3v) is 26.3. The van der Waals surface area contributed by atoms with Crippen LogP contribution in [0.3, 0.4) is 0 Å². The van der Waals surface area contributed by atoms with Crippen molar-refractivity contribution in [3.8, 4) is 17.6 Å². The van der Waals surface area contributed by atoms with E-state index >= 15 is 0 Å². The standard InChI is InChI=1S/C22H26FN2O2.C18H29F3N2O2.C17H28N.C16H23F3NO.C16H22N2.C14H17NO2/c1-24-14-16-12-17-15-27-22(20(17)13-21(16)26,10-5-11-25(2,3)4)18-6-8-19(23)9-7-18;1-22(25-14-12-23(2,3)4)17(7-6-13-24-5)15-8-10-16(11-9-15)18(19,20)21;1-4-12-17(2,18(3)13-8-9-14-18)15-16-10-6-5-7-11-16;1-12(2)20(4)8-9-21-15(3,11-20)13-6-5-7-14(10-13)16(17,18)19;1-16(8-10-17-11-9-16)7-6-13-12-18-15-5-3-2-4-14(13)15;1-3-11-4-2-6-14(13(11)5-1)17-10-12-9-15-7-8-16-12/h6-9,12-13H,5,10-11,15H2,1-4H3;8-11H,6-7,12-14H2,1-5H3;5-7,10-11H,4,8-9,12-15H2,1-3H3;5-7,10,12H,8-9,11H2,1-4H3;2-5,12,17-18H,6-11H2,1H3;1-2,4-6,12,15H,3,7-10H2/q+1;+2;2*+1;;/p+1/b;22-17+;;;;. The minimum absolute atomic E-state index is 0.128. The van der Waals surface area contributed by atoms with Gasteiger partial charge in [0.25, 0.3) is 7.05 Å². The van der Waals surface area contributed by atoms with E-state index < -0.39 is 34.7 Å². The predicted octanol–water partition coefficient (Wildman–Crippen LogP) is 20.3. The second-order valence-electron chi connectivity index (χ2n) is 38.5. The molecule has 23 heteroatoms. The topological polar surface area (TPSA) is 123 Å². The molecule has 0 radical (unpaired) electrons. The fourth-order valence-electron chi connectivity index (χ4n) is 18.0. The van der Waals surface area contributed by atoms with Crippen LogP contribution in [0.2, 0.25) is 0 Å². The fraction of sp³-hybridized carbons (Fsp3) is 0.534. The number of halogens is 7. The van der Waals surface area contributed by atoms with E-state index in [2.05, 4.69) is 203 Å². The molecule has 0 bridgehead atoms. The molecule has 16 nitrogen and oxygen atoms in total. The average molecular weight is 1760 g/mol. The van der Waals surface area contributed by atoms with E-state index in [0.717, 1.165) is 130 Å². The van der Waals surface area contributed by atoms with Gasteiger partial charge in [0.15, 0.2) is 7.05 Å². The molecule has 4 N–H and O–H groups in total. The minimum atomic E-state index is -4.33. The van der Waals surface area contributed by atoms with Gasteiger partial charge in [0.05, 0.1) is 113 Å². The van der Waals surface area contributed by atoms with E-state index in [9.17, 15) is 35.8 Å². The first-order valence-corrected chi connectivity index (χ1v) is 45.3. The van der Waals surface area contributed by atoms with Crippen LogP contribution in [0.4, 0.5) is 30.7 Å². The molecule has 0 saturated carbocycles. The number of likely N-dealkylation sites (N-methyl/N-ethyl adjacent to an activating group) is 3. The number of H-pyrrole nitrogens is 1. The second-order valence-corrected chi connectivity index (χ2v) is 38.5. The molecule has 14 rings (SSSR count). The number of morpholine rings is 2. The lowest BCUT2D eigenvalue weighted by Gasteiger charge is -2.48. The Morgan fingerprint density at radius 1 is 0.730 bits per heavy atom. The van der Waals surface area contributed by atoms with Crippen LogP contribution in [-0.2, 0) is 73.2 Å². The third-order valence-electron chi connectivity index (χ3n) is 26.3. The van der Waals surface area contributed by atoms with Gasteiger partial charge < -0.3 is 62.3 Å². The third kappa shape index (κ3) is 29.0. The van der Waals surface area contributed by atoms with Gasteiger partial charge in [-0.05, 0) is 214 Å². The molecule has 5 atom stereocenters. The number of aromatic amines is 1. The average Bonchev–Trinajstić information content (AvgIpc) is 1.63. The number of alkyl halides is 6. The number of nitrogens with one attached hydrogen (secondary N) is 3. The zero-order valence-corrected chi connectivity index (χ0v) is 78.3. The summed E-state index contributed by atoms with van der Waals surface area (Å²) in [6.45, 7) is 27.2. The largest absolute Gasteiger partial charge is 0.506 e. The number of aromatic hydroxyl groups is 1. The Morgan fingerprint density at radius 3 is 2.06 bits per heavy atom. The van der Waals surface area contributed by atoms with Crippen molar-refractivity contribution in [3.05, 3.63) is 247 Å². The number of likely N-dealkylation sites (tertiary alicyclic amines) is 1. The van der Waals surface area contributed by atoms with Gasteiger partial charge in [0.2, 0.25) is 12.3 Å². The van der Waals surface area contributed by atoms with Crippen molar-refractivity contribution in [2.45, 2.75) is 179 Å². The summed E-state index contributed by atoms with van der Waals surface area (Å²) in [4.78, 5) is 13.0. The van der Waals surface area contributed by atoms with Crippen LogP contribution in [0.1, 0.15) is 179 Å². The lowest BCUT2D eigenvalue weighted by Crippen LogP contribution is -2.61. The van der Waals surface area contributed by atoms with E-state index in [0.29, 0.717) is 74.1 Å². The van der Waals surface area contributed by atoms with Crippen molar-refractivity contribution in [1.29, 1.82) is 0 Å². The number of nitrogens with zero attached hydrogens (tertiary/aromatic N) is 6. The van der Waals surface area contributed by atoms with Gasteiger partial charge >= 0.3 is 18.4 Å². The van der Waals surface area contributed by atoms with E-state index in [-0.39, 0.29) is 17.7 Å². The lowest BCUT2D eigenvalue weighted by atomic mass is 9.76. The molecule has 1 aromatic heterocycles. The quantitative estimate of drug-likeness (QED) is 0.00995. The fourth-order valence-corrected chi connectivity index (χ4v) is 18.0. The van der Waals surface area contributed by atoms with Gasteiger partial charge in [-0.1, -0.05) is 122 Å². The number of hydrogen-bond donors (Lipinski definition) is 4. The number of aromatic nitrogens is 1. The molecule has 0 amide bonds. The molecule has 6 aliphatic rings. The Labute approximate surface area is 747 Å². The van der Waals surface area contributed by atoms with Crippen LogP contribution in [-0.4, -0.2) is 232 Å². The molecular weight excluding hydrogens is 1610 g/mol. The summed E-state index contributed by atoms with van der Waals surface area (Å²) in [5.74, 6) is 0.832. The van der Waals surface area contributed by atoms with Crippen LogP contribution in [0.15, 0.2) is 170 Å². The molecule has 7 aromatic carbocycles. The van der Waals surface area contributed by atoms with Gasteiger partial charge in [0.1, 0.15) is 72.0 Å². The van der Waals surface area contributed by atoms with Crippen molar-refractivity contribution in [2.75, 3.05) is 176 Å². The zero-order chi connectivity index (χ0) is 91.6. The molecule has 4 fully saturated rings. The first-order valence-electron chi connectivity index (χ1n) is 45.3. The van der Waals surface area contributed by atoms with Crippen LogP contribution < -0.4 is 15.4 Å². The van der Waals surface area contributed by atoms with Crippen LogP contribution in [0.25, 0.3) is 21.8 Å². The number of phenolic OH excluding ortho intramolecular Hbond substituents is 1. The van der Waals surface area contributed by atoms with Gasteiger partial charge in [-0.2, -0.15) is 26.3 Å². The number of rotatable bonds is 27. The second kappa shape index (κ2) is 45.6. The van der Waals surface area contributed by atoms with Crippen LogP contribution >= 0.6 is 0 Å². The Kier molecular flexibility index (Phi) is 36.7. The molecular formula is C103H146F7N9O7+6. The SMILES string of the molecule is C1=Cc2c(cccc2OCC2CNCCO2)C1.CC(C)[N+]1(C)CCOC(C)(c2cccc(C(F)(F)F)c2)C1.CC1(CCc2c[nH]c3ccccc23)CCNCC1.CCCC(C)(Cc1ccccc1)[N+]1(C)CCCC1.COCCC/C(c1ccc(C(F)(F)F)cc1)=[N+](/C)OCC[N+](C)(C)C.C[N+]#Cc1cc2c(cc1O)C(CCC[N+](C)(C)C)(c1ccc(F)cc1)OC2. The summed E-state index contributed by atoms with van der Waals surface area (Å²) < 4.78 is 125. The van der Waals surface area contributed by atoms with E-state index in [1.165, 1.54) is 158 Å². The number of allylic oxidation sites excluding steroid dienone is 1. The highest BCUT2D eigenvalue weighted by molar-refractivity contribution is 5.96. The Hall–Kier alpha value is -8.51. The van der Waals surface area contributed by atoms with Gasteiger partial charge in [-0.15, -0.1) is 0 Å². The molecule has 5 unspecified atom stereocenters. The van der Waals surface area contributed by atoms with Gasteiger partial charge in [-0.3, -0.25) is 4.84 Å². The van der Waals surface area contributed by atoms with Gasteiger partial charge in [-0.25, -0.2) is 4.39 Å². The normalized spacial score (nSPS) is 20.7. The number of piperidine rings is 1. The molecule has 126 heavy (non-hydrogen) atoms. The number of hydrogen-bond acceptors (Lipinski definition) is 9. The lowest BCUT2D eigenvalue weighted by molar-refractivity contribution is -0.947. The molecule has 8 aromatic rings. The Balaban J connectivity index is 0.000000172.